The second kappa shape index (κ2) is 32.2. The summed E-state index contributed by atoms with van der Waals surface area (Å²) in [6.45, 7) is 12.8. The number of hydrogen-bond donors (Lipinski definition) is 6. The Kier molecular flexibility index (Phi) is 30.0. The highest BCUT2D eigenvalue weighted by atomic mass is 35.5. The first-order valence-electron chi connectivity index (χ1n) is 19.7. The molecule has 0 spiro atoms. The first-order chi connectivity index (χ1) is 30.4. The minimum Gasteiger partial charge on any atom is -0.778 e. The SMILES string of the molecule is CCNc1nc(Cl)nc(NC(C)C)n1.CCc1cccc(C)c1N(C(=O)CCl)C(C)COC.C[S+](C)C.Nc1c([N+](=O)[O-])ccc(Oc2ccccc2)c1Cl.O=C(O)CNCP(=O)([O-])O. The van der Waals surface area contributed by atoms with Gasteiger partial charge in [-0.1, -0.05) is 54.9 Å². The van der Waals surface area contributed by atoms with E-state index >= 15 is 0 Å². The quantitative estimate of drug-likeness (QED) is 0.0152. The van der Waals surface area contributed by atoms with E-state index in [0.717, 1.165) is 29.8 Å². The molecule has 7 N–H and O–H groups in total. The number of ether oxygens (including phenoxy) is 2. The number of nitrogen functional groups attached to an aromatic ring is 1. The number of carbonyl (C=O) groups is 2. The lowest BCUT2D eigenvalue weighted by molar-refractivity contribution is -0.383. The Morgan fingerprint density at radius 3 is 2.09 bits per heavy atom. The third kappa shape index (κ3) is 25.7. The van der Waals surface area contributed by atoms with E-state index in [0.29, 0.717) is 35.1 Å². The number of carboxylic acids is 1. The van der Waals surface area contributed by atoms with Crippen molar-refractivity contribution < 1.29 is 43.4 Å². The number of hydrogen-bond acceptors (Lipinski definition) is 15. The summed E-state index contributed by atoms with van der Waals surface area (Å²) in [6, 6.07) is 17.9. The van der Waals surface area contributed by atoms with Crippen LogP contribution in [0.2, 0.25) is 10.3 Å². The van der Waals surface area contributed by atoms with Gasteiger partial charge in [0.15, 0.2) is 0 Å². The van der Waals surface area contributed by atoms with Crippen molar-refractivity contribution in [1.82, 2.24) is 20.3 Å². The van der Waals surface area contributed by atoms with Gasteiger partial charge in [0.25, 0.3) is 5.69 Å². The third-order valence-electron chi connectivity index (χ3n) is 7.41. The van der Waals surface area contributed by atoms with Crippen molar-refractivity contribution in [2.45, 2.75) is 60.0 Å². The number of aliphatic carboxylic acids is 1. The molecule has 1 amide bonds. The maximum atomic E-state index is 12.2. The lowest BCUT2D eigenvalue weighted by Gasteiger charge is -2.31. The number of methoxy groups -OCH3 is 1. The van der Waals surface area contributed by atoms with Gasteiger partial charge in [0, 0.05) is 25.8 Å². The van der Waals surface area contributed by atoms with Crippen molar-refractivity contribution in [1.29, 1.82) is 0 Å². The maximum Gasteiger partial charge on any atom is 0.317 e. The molecule has 19 nitrogen and oxygen atoms in total. The van der Waals surface area contributed by atoms with E-state index in [1.807, 2.05) is 58.1 Å². The molecule has 0 radical (unpaired) electrons. The van der Waals surface area contributed by atoms with Gasteiger partial charge in [0.2, 0.25) is 23.1 Å². The van der Waals surface area contributed by atoms with E-state index in [2.05, 4.69) is 57.3 Å². The summed E-state index contributed by atoms with van der Waals surface area (Å²) in [6.07, 6.45) is 6.75. The molecule has 0 saturated carbocycles. The fraction of sp³-hybridized carbons (Fsp3) is 0.439. The predicted molar refractivity (Wildman–Crippen MR) is 262 cm³/mol. The smallest absolute Gasteiger partial charge is 0.317 e. The topological polar surface area (TPSA) is 280 Å². The molecule has 0 aliphatic carbocycles. The van der Waals surface area contributed by atoms with Crippen molar-refractivity contribution in [2.24, 2.45) is 0 Å². The van der Waals surface area contributed by atoms with Gasteiger partial charge >= 0.3 is 5.97 Å². The summed E-state index contributed by atoms with van der Waals surface area (Å²) in [4.78, 5) is 63.8. The number of carboxylic acid groups (broad SMARTS) is 1. The lowest BCUT2D eigenvalue weighted by atomic mass is 10.0. The van der Waals surface area contributed by atoms with Crippen molar-refractivity contribution in [3.05, 3.63) is 92.2 Å². The summed E-state index contributed by atoms with van der Waals surface area (Å²) in [7, 11) is -2.07. The Morgan fingerprint density at radius 2 is 1.60 bits per heavy atom. The van der Waals surface area contributed by atoms with E-state index in [1.54, 1.807) is 36.3 Å². The van der Waals surface area contributed by atoms with E-state index in [-0.39, 0.29) is 51.3 Å². The van der Waals surface area contributed by atoms with E-state index in [1.165, 1.54) is 12.1 Å². The molecular weight excluding hydrogens is 948 g/mol. The van der Waals surface area contributed by atoms with Crippen LogP contribution in [0.1, 0.15) is 45.7 Å². The first kappa shape index (κ1) is 60.5. The average molecular weight is 1010 g/mol. The minimum absolute atomic E-state index is 0.0223. The zero-order valence-corrected chi connectivity index (χ0v) is 42.1. The van der Waals surface area contributed by atoms with Gasteiger partial charge in [0.1, 0.15) is 35.7 Å². The second-order valence-corrected chi connectivity index (χ2v) is 19.1. The second-order valence-electron chi connectivity index (χ2n) is 14.0. The van der Waals surface area contributed by atoms with Crippen LogP contribution in [0.25, 0.3) is 0 Å². The number of alkyl halides is 1. The van der Waals surface area contributed by atoms with Crippen LogP contribution in [-0.4, -0.2) is 112 Å². The molecule has 2 atom stereocenters. The highest BCUT2D eigenvalue weighted by Gasteiger charge is 2.25. The largest absolute Gasteiger partial charge is 0.778 e. The van der Waals surface area contributed by atoms with Gasteiger partial charge in [0.05, 0.1) is 54.9 Å². The van der Waals surface area contributed by atoms with Crippen molar-refractivity contribution in [2.75, 3.05) is 79.0 Å². The molecule has 24 heteroatoms. The summed E-state index contributed by atoms with van der Waals surface area (Å²) in [5.74, 6) is 0.569. The number of nitrogens with one attached hydrogen (secondary N) is 3. The Balaban J connectivity index is 0.000000835. The zero-order valence-electron chi connectivity index (χ0n) is 38.1. The van der Waals surface area contributed by atoms with E-state index < -0.39 is 31.3 Å². The number of benzene rings is 3. The van der Waals surface area contributed by atoms with Crippen LogP contribution in [0.4, 0.5) is 29.0 Å². The Morgan fingerprint density at radius 1 is 1.00 bits per heavy atom. The third-order valence-corrected chi connectivity index (χ3v) is 8.82. The van der Waals surface area contributed by atoms with Gasteiger partial charge in [-0.05, 0) is 92.9 Å². The molecule has 0 aliphatic heterocycles. The number of halogens is 3. The molecule has 3 aromatic carbocycles. The zero-order chi connectivity index (χ0) is 49.9. The van der Waals surface area contributed by atoms with Crippen LogP contribution in [0.3, 0.4) is 0 Å². The van der Waals surface area contributed by atoms with Crippen molar-refractivity contribution in [3.8, 4) is 11.5 Å². The number of nitro groups is 1. The number of anilines is 4. The Hall–Kier alpha value is -4.50. The molecule has 0 bridgehead atoms. The fourth-order valence-corrected chi connectivity index (χ4v) is 5.83. The molecule has 0 fully saturated rings. The standard InChI is InChI=1S/C15H22ClNO2.C12H9ClN2O3.C8H14ClN5.C3H8NO5P.C3H9S/c1-5-13-8-6-7-11(2)15(13)17(14(18)9-16)12(3)10-19-4;13-11-10(18-8-4-2-1-3-5-8)7-6-9(12(11)14)15(16)17;1-4-10-7-12-6(9)13-8(14-7)11-5(2)3;5-3(6)1-4-2-10(7,8)9;1-4(2)3/h6-8,12H,5,9-10H2,1-4H3;1-7H,14H2;5H,4H2,1-3H3,(H2,10,11,12,13,14);4H,1-2H2,(H,5,6)(H2,7,8,9);1-3H3/q;;;;+1/p-1. The van der Waals surface area contributed by atoms with Gasteiger partial charge in [-0.3, -0.25) is 25.0 Å². The number of rotatable bonds is 17. The number of carbonyl (C=O) groups excluding carboxylic acids is 1. The number of nitro benzene ring substituents is 1. The Labute approximate surface area is 398 Å². The number of aromatic nitrogens is 3. The van der Waals surface area contributed by atoms with Gasteiger partial charge in [-0.15, -0.1) is 11.6 Å². The molecule has 2 unspecified atom stereocenters. The average Bonchev–Trinajstić information content (AvgIpc) is 3.20. The molecule has 0 saturated heterocycles. The van der Waals surface area contributed by atoms with E-state index in [9.17, 15) is 29.2 Å². The number of nitrogens with zero attached hydrogens (tertiary/aromatic N) is 5. The summed E-state index contributed by atoms with van der Waals surface area (Å²) in [5.41, 5.74) is 8.46. The van der Waals surface area contributed by atoms with Gasteiger partial charge < -0.3 is 50.2 Å². The summed E-state index contributed by atoms with van der Waals surface area (Å²) in [5, 5.41) is 26.9. The molecule has 65 heavy (non-hydrogen) atoms. The van der Waals surface area contributed by atoms with Gasteiger partial charge in [-0.2, -0.15) is 15.0 Å². The van der Waals surface area contributed by atoms with Crippen molar-refractivity contribution in [3.63, 3.8) is 0 Å². The van der Waals surface area contributed by atoms with Crippen molar-refractivity contribution >= 4 is 94.1 Å². The number of aryl methyl sites for hydroxylation is 2. The van der Waals surface area contributed by atoms with E-state index in [4.69, 9.17) is 60.0 Å². The molecular formula is C41H61Cl3N9O10PS. The molecule has 4 rings (SSSR count). The predicted octanol–water partition coefficient (Wildman–Crippen LogP) is 7.22. The van der Waals surface area contributed by atoms with Crippen LogP contribution in [0, 0.1) is 17.0 Å². The highest BCUT2D eigenvalue weighted by molar-refractivity contribution is 7.94. The van der Waals surface area contributed by atoms with Gasteiger partial charge in [-0.25, -0.2) is 0 Å². The molecule has 4 aromatic rings. The maximum absolute atomic E-state index is 12.2. The van der Waals surface area contributed by atoms with Crippen LogP contribution in [-0.2, 0) is 36.2 Å². The lowest BCUT2D eigenvalue weighted by Crippen LogP contribution is -2.43. The van der Waals surface area contributed by atoms with Crippen LogP contribution < -0.4 is 36.2 Å². The summed E-state index contributed by atoms with van der Waals surface area (Å²) >= 11 is 17.4. The molecule has 362 valence electrons. The molecule has 1 heterocycles. The Bertz CT molecular complexity index is 2110. The monoisotopic (exact) mass is 1010 g/mol. The van der Waals surface area contributed by atoms with Crippen LogP contribution in [0.5, 0.6) is 11.5 Å². The molecule has 1 aromatic heterocycles. The number of nitrogens with two attached hydrogens (primary N) is 1. The van der Waals surface area contributed by atoms with Crippen LogP contribution in [0.15, 0.2) is 60.7 Å². The molecule has 0 aliphatic rings. The first-order valence-corrected chi connectivity index (χ1v) is 25.2. The normalized spacial score (nSPS) is 11.6. The highest BCUT2D eigenvalue weighted by Crippen LogP contribution is 2.39. The number of amides is 1. The fourth-order valence-electron chi connectivity index (χ4n) is 4.95. The summed E-state index contributed by atoms with van der Waals surface area (Å²) < 4.78 is 20.6. The number of para-hydroxylation sites is 2. The van der Waals surface area contributed by atoms with Crippen LogP contribution >= 0.6 is 42.4 Å². The minimum atomic E-state index is -4.35.